The molecule has 0 saturated heterocycles. The molecule has 0 aliphatic carbocycles. The van der Waals surface area contributed by atoms with E-state index in [0.717, 1.165) is 17.6 Å². The molecule has 128 valence electrons. The first-order chi connectivity index (χ1) is 12.0. The maximum atomic E-state index is 12.6. The lowest BCUT2D eigenvalue weighted by molar-refractivity contribution is -0.120. The Kier molecular flexibility index (Phi) is 5.15. The summed E-state index contributed by atoms with van der Waals surface area (Å²) < 4.78 is 0. The van der Waals surface area contributed by atoms with Gasteiger partial charge in [0, 0.05) is 12.2 Å². The monoisotopic (exact) mass is 332 g/mol. The number of anilines is 1. The van der Waals surface area contributed by atoms with Gasteiger partial charge in [-0.2, -0.15) is 0 Å². The van der Waals surface area contributed by atoms with Gasteiger partial charge >= 0.3 is 0 Å². The van der Waals surface area contributed by atoms with Crippen LogP contribution in [0.15, 0.2) is 66.7 Å². The van der Waals surface area contributed by atoms with E-state index in [1.54, 1.807) is 0 Å². The predicted octanol–water partition coefficient (Wildman–Crippen LogP) is 4.61. The Morgan fingerprint density at radius 1 is 1.00 bits per heavy atom. The lowest BCUT2D eigenvalue weighted by Crippen LogP contribution is -2.39. The second kappa shape index (κ2) is 7.49. The standard InChI is InChI=1S/C22H24N2O/c1-16-8-4-5-11-20(16)15-24(3)17(2)22(25)23-21-13-12-18-9-6-7-10-19(18)14-21/h4-14,17H,15H2,1-3H3,(H,23,25)/t17-/m1/s1. The van der Waals surface area contributed by atoms with E-state index >= 15 is 0 Å². The van der Waals surface area contributed by atoms with Gasteiger partial charge in [-0.05, 0) is 54.9 Å². The molecule has 0 radical (unpaired) electrons. The van der Waals surface area contributed by atoms with Crippen molar-refractivity contribution in [3.05, 3.63) is 77.9 Å². The molecule has 0 aliphatic rings. The van der Waals surface area contributed by atoms with Crippen LogP contribution in [0, 0.1) is 6.92 Å². The molecular weight excluding hydrogens is 308 g/mol. The molecule has 3 heteroatoms. The van der Waals surface area contributed by atoms with E-state index in [0.29, 0.717) is 0 Å². The van der Waals surface area contributed by atoms with Gasteiger partial charge in [0.25, 0.3) is 0 Å². The Balaban J connectivity index is 1.67. The normalized spacial score (nSPS) is 12.3. The summed E-state index contributed by atoms with van der Waals surface area (Å²) in [6.45, 7) is 4.79. The van der Waals surface area contributed by atoms with Crippen molar-refractivity contribution in [2.24, 2.45) is 0 Å². The fraction of sp³-hybridized carbons (Fsp3) is 0.227. The molecule has 0 heterocycles. The smallest absolute Gasteiger partial charge is 0.241 e. The Bertz CT molecular complexity index is 888. The van der Waals surface area contributed by atoms with Crippen LogP contribution >= 0.6 is 0 Å². The summed E-state index contributed by atoms with van der Waals surface area (Å²) >= 11 is 0. The molecule has 3 rings (SSSR count). The van der Waals surface area contributed by atoms with Crippen molar-refractivity contribution >= 4 is 22.4 Å². The van der Waals surface area contributed by atoms with Gasteiger partial charge in [0.15, 0.2) is 0 Å². The number of benzene rings is 3. The van der Waals surface area contributed by atoms with Crippen LogP contribution in [-0.2, 0) is 11.3 Å². The van der Waals surface area contributed by atoms with Gasteiger partial charge in [-0.1, -0.05) is 54.6 Å². The topological polar surface area (TPSA) is 32.3 Å². The van der Waals surface area contributed by atoms with Crippen molar-refractivity contribution in [1.82, 2.24) is 4.90 Å². The molecule has 0 fully saturated rings. The van der Waals surface area contributed by atoms with Crippen LogP contribution in [-0.4, -0.2) is 23.9 Å². The fourth-order valence-electron chi connectivity index (χ4n) is 2.91. The molecule has 1 amide bonds. The van der Waals surface area contributed by atoms with E-state index in [2.05, 4.69) is 41.4 Å². The number of likely N-dealkylation sites (N-methyl/N-ethyl adjacent to an activating group) is 1. The van der Waals surface area contributed by atoms with Gasteiger partial charge in [0.05, 0.1) is 6.04 Å². The van der Waals surface area contributed by atoms with Gasteiger partial charge in [-0.3, -0.25) is 9.69 Å². The third kappa shape index (κ3) is 4.06. The van der Waals surface area contributed by atoms with Gasteiger partial charge < -0.3 is 5.32 Å². The zero-order valence-electron chi connectivity index (χ0n) is 15.0. The van der Waals surface area contributed by atoms with Crippen LogP contribution in [0.4, 0.5) is 5.69 Å². The van der Waals surface area contributed by atoms with Crippen LogP contribution in [0.5, 0.6) is 0 Å². The van der Waals surface area contributed by atoms with Crippen LogP contribution in [0.2, 0.25) is 0 Å². The molecule has 25 heavy (non-hydrogen) atoms. The molecular formula is C22H24N2O. The van der Waals surface area contributed by atoms with Crippen molar-refractivity contribution in [3.8, 4) is 0 Å². The molecule has 3 aromatic carbocycles. The molecule has 0 bridgehead atoms. The van der Waals surface area contributed by atoms with Crippen LogP contribution in [0.1, 0.15) is 18.1 Å². The molecule has 3 nitrogen and oxygen atoms in total. The summed E-state index contributed by atoms with van der Waals surface area (Å²) in [7, 11) is 1.98. The van der Waals surface area contributed by atoms with Crippen molar-refractivity contribution in [3.63, 3.8) is 0 Å². The number of hydrogen-bond acceptors (Lipinski definition) is 2. The highest BCUT2D eigenvalue weighted by molar-refractivity contribution is 5.97. The Hall–Kier alpha value is -2.65. The molecule has 1 N–H and O–H groups in total. The molecule has 1 atom stereocenters. The fourth-order valence-corrected chi connectivity index (χ4v) is 2.91. The highest BCUT2D eigenvalue weighted by Crippen LogP contribution is 2.19. The molecule has 0 spiro atoms. The minimum atomic E-state index is -0.217. The average Bonchev–Trinajstić information content (AvgIpc) is 2.62. The first-order valence-corrected chi connectivity index (χ1v) is 8.59. The van der Waals surface area contributed by atoms with Crippen molar-refractivity contribution in [2.45, 2.75) is 26.4 Å². The van der Waals surface area contributed by atoms with Gasteiger partial charge in [0.2, 0.25) is 5.91 Å². The van der Waals surface area contributed by atoms with Crippen LogP contribution < -0.4 is 5.32 Å². The van der Waals surface area contributed by atoms with Gasteiger partial charge in [0.1, 0.15) is 0 Å². The second-order valence-electron chi connectivity index (χ2n) is 6.57. The maximum absolute atomic E-state index is 12.6. The lowest BCUT2D eigenvalue weighted by Gasteiger charge is -2.24. The third-order valence-corrected chi connectivity index (χ3v) is 4.74. The number of rotatable bonds is 5. The number of aryl methyl sites for hydroxylation is 1. The number of carbonyl (C=O) groups excluding carboxylic acids is 1. The van der Waals surface area contributed by atoms with Crippen LogP contribution in [0.3, 0.4) is 0 Å². The summed E-state index contributed by atoms with van der Waals surface area (Å²) in [5.41, 5.74) is 3.33. The Morgan fingerprint density at radius 3 is 2.44 bits per heavy atom. The largest absolute Gasteiger partial charge is 0.325 e. The number of fused-ring (bicyclic) bond motifs is 1. The molecule has 0 saturated carbocycles. The number of hydrogen-bond donors (Lipinski definition) is 1. The van der Waals surface area contributed by atoms with E-state index in [-0.39, 0.29) is 11.9 Å². The summed E-state index contributed by atoms with van der Waals surface area (Å²) in [5.74, 6) is 0.00589. The summed E-state index contributed by atoms with van der Waals surface area (Å²) in [6, 6.07) is 22.2. The van der Waals surface area contributed by atoms with E-state index in [9.17, 15) is 4.79 Å². The minimum absolute atomic E-state index is 0.00589. The maximum Gasteiger partial charge on any atom is 0.241 e. The SMILES string of the molecule is Cc1ccccc1CN(C)[C@H](C)C(=O)Nc1ccc2ccccc2c1. The van der Waals surface area contributed by atoms with Crippen molar-refractivity contribution in [2.75, 3.05) is 12.4 Å². The number of amides is 1. The minimum Gasteiger partial charge on any atom is -0.325 e. The van der Waals surface area contributed by atoms with E-state index in [4.69, 9.17) is 0 Å². The average molecular weight is 332 g/mol. The number of nitrogens with zero attached hydrogens (tertiary/aromatic N) is 1. The van der Waals surface area contributed by atoms with Crippen molar-refractivity contribution < 1.29 is 4.79 Å². The third-order valence-electron chi connectivity index (χ3n) is 4.74. The Morgan fingerprint density at radius 2 is 1.68 bits per heavy atom. The first-order valence-electron chi connectivity index (χ1n) is 8.59. The predicted molar refractivity (Wildman–Crippen MR) is 105 cm³/mol. The van der Waals surface area contributed by atoms with E-state index in [1.165, 1.54) is 16.5 Å². The Labute approximate surface area is 149 Å². The first kappa shape index (κ1) is 17.2. The molecule has 0 aliphatic heterocycles. The van der Waals surface area contributed by atoms with Gasteiger partial charge in [-0.25, -0.2) is 0 Å². The zero-order chi connectivity index (χ0) is 17.8. The number of nitrogens with one attached hydrogen (secondary N) is 1. The molecule has 3 aromatic rings. The van der Waals surface area contributed by atoms with Crippen molar-refractivity contribution in [1.29, 1.82) is 0 Å². The molecule has 0 aromatic heterocycles. The lowest BCUT2D eigenvalue weighted by atomic mass is 10.1. The van der Waals surface area contributed by atoms with E-state index in [1.807, 2.05) is 56.4 Å². The summed E-state index contributed by atoms with van der Waals surface area (Å²) in [4.78, 5) is 14.7. The zero-order valence-corrected chi connectivity index (χ0v) is 15.0. The molecule has 0 unspecified atom stereocenters. The van der Waals surface area contributed by atoms with E-state index < -0.39 is 0 Å². The second-order valence-corrected chi connectivity index (χ2v) is 6.57. The summed E-state index contributed by atoms with van der Waals surface area (Å²) in [6.07, 6.45) is 0. The highest BCUT2D eigenvalue weighted by Gasteiger charge is 2.18. The van der Waals surface area contributed by atoms with Gasteiger partial charge in [-0.15, -0.1) is 0 Å². The summed E-state index contributed by atoms with van der Waals surface area (Å²) in [5, 5.41) is 5.33. The highest BCUT2D eigenvalue weighted by atomic mass is 16.2. The van der Waals surface area contributed by atoms with Crippen LogP contribution in [0.25, 0.3) is 10.8 Å². The number of carbonyl (C=O) groups is 1. The quantitative estimate of drug-likeness (QED) is 0.740.